The fraction of sp³-hybridized carbons (Fsp3) is 0.500. The molecule has 4 nitrogen and oxygen atoms in total. The quantitative estimate of drug-likeness (QED) is 0.797. The number of thioether (sulfide) groups is 1. The Kier molecular flexibility index (Phi) is 6.16. The molecule has 0 amide bonds. The van der Waals surface area contributed by atoms with Crippen molar-refractivity contribution in [2.75, 3.05) is 25.7 Å². The van der Waals surface area contributed by atoms with Crippen LogP contribution >= 0.6 is 11.8 Å². The molecule has 1 unspecified atom stereocenters. The van der Waals surface area contributed by atoms with Gasteiger partial charge in [-0.15, -0.1) is 0 Å². The Labute approximate surface area is 118 Å². The van der Waals surface area contributed by atoms with Crippen molar-refractivity contribution in [2.45, 2.75) is 19.1 Å². The molecule has 1 aromatic rings. The van der Waals surface area contributed by atoms with Gasteiger partial charge in [0.25, 0.3) is 0 Å². The average Bonchev–Trinajstić information content (AvgIpc) is 2.38. The molecular weight excluding hydrogens is 260 g/mol. The Morgan fingerprint density at radius 1 is 1.53 bits per heavy atom. The molecule has 0 aliphatic heterocycles. The van der Waals surface area contributed by atoms with Crippen LogP contribution in [0.25, 0.3) is 0 Å². The smallest absolute Gasteiger partial charge is 0.123 e. The third-order valence-electron chi connectivity index (χ3n) is 2.69. The third kappa shape index (κ3) is 5.11. The van der Waals surface area contributed by atoms with E-state index in [4.69, 9.17) is 10.00 Å². The van der Waals surface area contributed by atoms with Gasteiger partial charge in [-0.3, -0.25) is 0 Å². The Bertz CT molecular complexity index is 455. The maximum absolute atomic E-state index is 10.1. The van der Waals surface area contributed by atoms with Crippen molar-refractivity contribution < 1.29 is 9.84 Å². The van der Waals surface area contributed by atoms with Gasteiger partial charge in [0.05, 0.1) is 24.3 Å². The lowest BCUT2D eigenvalue weighted by Crippen LogP contribution is -2.39. The molecule has 0 heterocycles. The summed E-state index contributed by atoms with van der Waals surface area (Å²) in [5.74, 6) is 1.42. The molecule has 0 fully saturated rings. The van der Waals surface area contributed by atoms with Crippen molar-refractivity contribution in [1.82, 2.24) is 5.32 Å². The Hall–Kier alpha value is -1.22. The lowest BCUT2D eigenvalue weighted by Gasteiger charge is -2.23. The van der Waals surface area contributed by atoms with Crippen molar-refractivity contribution in [1.29, 1.82) is 5.26 Å². The predicted octanol–water partition coefficient (Wildman–Crippen LogP) is 1.77. The number of methoxy groups -OCH3 is 1. The number of rotatable bonds is 7. The molecular formula is C14H20N2O2S. The summed E-state index contributed by atoms with van der Waals surface area (Å²) in [6.45, 7) is 2.86. The third-order valence-corrected chi connectivity index (χ3v) is 3.60. The van der Waals surface area contributed by atoms with Crippen molar-refractivity contribution in [2.24, 2.45) is 0 Å². The number of ether oxygens (including phenoxy) is 1. The fourth-order valence-electron chi connectivity index (χ4n) is 1.81. The van der Waals surface area contributed by atoms with Gasteiger partial charge >= 0.3 is 0 Å². The molecule has 0 aromatic heterocycles. The molecule has 0 aliphatic rings. The van der Waals surface area contributed by atoms with E-state index in [1.807, 2.05) is 6.26 Å². The zero-order chi connectivity index (χ0) is 14.3. The summed E-state index contributed by atoms with van der Waals surface area (Å²) < 4.78 is 5.26. The minimum absolute atomic E-state index is 0.494. The first-order valence-corrected chi connectivity index (χ1v) is 7.41. The Balaban J connectivity index is 2.64. The molecule has 0 aliphatic carbocycles. The van der Waals surface area contributed by atoms with Gasteiger partial charge in [0.15, 0.2) is 0 Å². The van der Waals surface area contributed by atoms with Crippen LogP contribution in [-0.2, 0) is 6.54 Å². The van der Waals surface area contributed by atoms with E-state index >= 15 is 0 Å². The Morgan fingerprint density at radius 3 is 2.84 bits per heavy atom. The SMILES string of the molecule is COc1ccc(C#N)cc1CNCC(C)(O)CSC. The molecule has 1 rings (SSSR count). The summed E-state index contributed by atoms with van der Waals surface area (Å²) >= 11 is 1.61. The second-order valence-electron chi connectivity index (χ2n) is 4.67. The molecule has 1 atom stereocenters. The van der Waals surface area contributed by atoms with Crippen molar-refractivity contribution >= 4 is 11.8 Å². The lowest BCUT2D eigenvalue weighted by molar-refractivity contribution is 0.0845. The van der Waals surface area contributed by atoms with Gasteiger partial charge in [-0.1, -0.05) is 0 Å². The molecule has 0 spiro atoms. The zero-order valence-electron chi connectivity index (χ0n) is 11.6. The Morgan fingerprint density at radius 2 is 2.26 bits per heavy atom. The summed E-state index contributed by atoms with van der Waals surface area (Å²) in [5.41, 5.74) is 0.787. The van der Waals surface area contributed by atoms with E-state index in [0.717, 1.165) is 11.3 Å². The van der Waals surface area contributed by atoms with Crippen LogP contribution in [-0.4, -0.2) is 36.4 Å². The van der Waals surface area contributed by atoms with Crippen LogP contribution in [0.15, 0.2) is 18.2 Å². The number of nitrogens with one attached hydrogen (secondary N) is 1. The second-order valence-corrected chi connectivity index (χ2v) is 5.54. The highest BCUT2D eigenvalue weighted by Gasteiger charge is 2.18. The first kappa shape index (κ1) is 15.8. The lowest BCUT2D eigenvalue weighted by atomic mass is 10.1. The maximum atomic E-state index is 10.1. The molecule has 0 saturated heterocycles. The van der Waals surface area contributed by atoms with Crippen LogP contribution in [0.4, 0.5) is 0 Å². The number of benzene rings is 1. The van der Waals surface area contributed by atoms with Crippen molar-refractivity contribution in [3.63, 3.8) is 0 Å². The van der Waals surface area contributed by atoms with Crippen molar-refractivity contribution in [3.8, 4) is 11.8 Å². The van der Waals surface area contributed by atoms with Crippen LogP contribution in [0.1, 0.15) is 18.1 Å². The van der Waals surface area contributed by atoms with Crippen LogP contribution in [0.5, 0.6) is 5.75 Å². The number of aliphatic hydroxyl groups is 1. The average molecular weight is 280 g/mol. The van der Waals surface area contributed by atoms with Gasteiger partial charge in [-0.25, -0.2) is 0 Å². The first-order valence-electron chi connectivity index (χ1n) is 6.01. The fourth-order valence-corrected chi connectivity index (χ4v) is 2.54. The summed E-state index contributed by atoms with van der Waals surface area (Å²) in [4.78, 5) is 0. The molecule has 0 radical (unpaired) electrons. The van der Waals surface area contributed by atoms with E-state index in [1.165, 1.54) is 0 Å². The van der Waals surface area contributed by atoms with Gasteiger partial charge in [-0.2, -0.15) is 17.0 Å². The van der Waals surface area contributed by atoms with Gasteiger partial charge in [0, 0.05) is 24.4 Å². The normalized spacial score (nSPS) is 13.6. The molecule has 0 bridgehead atoms. The van der Waals surface area contributed by atoms with Crippen LogP contribution < -0.4 is 10.1 Å². The molecule has 104 valence electrons. The van der Waals surface area contributed by atoms with E-state index in [2.05, 4.69) is 11.4 Å². The zero-order valence-corrected chi connectivity index (χ0v) is 12.4. The summed E-state index contributed by atoms with van der Waals surface area (Å²) in [5, 5.41) is 22.1. The minimum Gasteiger partial charge on any atom is -0.496 e. The molecule has 5 heteroatoms. The molecule has 2 N–H and O–H groups in total. The van der Waals surface area contributed by atoms with Gasteiger partial charge in [-0.05, 0) is 31.4 Å². The van der Waals surface area contributed by atoms with E-state index < -0.39 is 5.60 Å². The largest absolute Gasteiger partial charge is 0.496 e. The highest BCUT2D eigenvalue weighted by molar-refractivity contribution is 7.98. The monoisotopic (exact) mass is 280 g/mol. The van der Waals surface area contributed by atoms with Crippen molar-refractivity contribution in [3.05, 3.63) is 29.3 Å². The molecule has 19 heavy (non-hydrogen) atoms. The van der Waals surface area contributed by atoms with E-state index in [9.17, 15) is 5.11 Å². The first-order chi connectivity index (χ1) is 9.02. The van der Waals surface area contributed by atoms with Gasteiger partial charge in [0.1, 0.15) is 5.75 Å². The second kappa shape index (κ2) is 7.39. The number of hydrogen-bond donors (Lipinski definition) is 2. The highest BCUT2D eigenvalue weighted by atomic mass is 32.2. The van der Waals surface area contributed by atoms with Crippen LogP contribution in [0.2, 0.25) is 0 Å². The minimum atomic E-state index is -0.737. The molecule has 0 saturated carbocycles. The van der Waals surface area contributed by atoms with E-state index in [0.29, 0.717) is 24.4 Å². The number of nitrogens with zero attached hydrogens (tertiary/aromatic N) is 1. The van der Waals surface area contributed by atoms with Gasteiger partial charge < -0.3 is 15.2 Å². The number of nitriles is 1. The highest BCUT2D eigenvalue weighted by Crippen LogP contribution is 2.19. The maximum Gasteiger partial charge on any atom is 0.123 e. The van der Waals surface area contributed by atoms with E-state index in [-0.39, 0.29) is 0 Å². The predicted molar refractivity (Wildman–Crippen MR) is 78.4 cm³/mol. The topological polar surface area (TPSA) is 65.3 Å². The molecule has 1 aromatic carbocycles. The summed E-state index contributed by atoms with van der Waals surface area (Å²) in [6, 6.07) is 7.43. The van der Waals surface area contributed by atoms with Crippen LogP contribution in [0.3, 0.4) is 0 Å². The standard InChI is InChI=1S/C14H20N2O2S/c1-14(17,10-19-3)9-16-8-12-6-11(7-15)4-5-13(12)18-2/h4-6,16-17H,8-10H2,1-3H3. The number of hydrogen-bond acceptors (Lipinski definition) is 5. The van der Waals surface area contributed by atoms with Gasteiger partial charge in [0.2, 0.25) is 0 Å². The summed E-state index contributed by atoms with van der Waals surface area (Å²) in [7, 11) is 1.61. The summed E-state index contributed by atoms with van der Waals surface area (Å²) in [6.07, 6.45) is 1.97. The van der Waals surface area contributed by atoms with E-state index in [1.54, 1.807) is 44.0 Å². The van der Waals surface area contributed by atoms with Crippen LogP contribution in [0, 0.1) is 11.3 Å².